The maximum Gasteiger partial charge on any atom is 0.269 e. The summed E-state index contributed by atoms with van der Waals surface area (Å²) in [6.07, 6.45) is 1.25. The number of nitro benzene ring substituents is 1. The molecule has 4 rings (SSSR count). The number of nitrogens with zero attached hydrogens (tertiary/aromatic N) is 3. The van der Waals surface area contributed by atoms with Gasteiger partial charge in [-0.25, -0.2) is 18.4 Å². The van der Waals surface area contributed by atoms with E-state index in [1.807, 2.05) is 18.2 Å². The van der Waals surface area contributed by atoms with Gasteiger partial charge in [0.05, 0.1) is 33.3 Å². The first-order valence-corrected chi connectivity index (χ1v) is 11.2. The number of non-ortho nitro benzene ring substituents is 1. The molecule has 2 aromatic heterocycles. The quantitative estimate of drug-likeness (QED) is 0.343. The van der Waals surface area contributed by atoms with Crippen LogP contribution in [0.1, 0.15) is 0 Å². The van der Waals surface area contributed by atoms with E-state index in [1.54, 1.807) is 7.11 Å². The van der Waals surface area contributed by atoms with Crippen LogP contribution in [0.25, 0.3) is 10.2 Å². The lowest BCUT2D eigenvalue weighted by Gasteiger charge is -2.00. The van der Waals surface area contributed by atoms with Crippen molar-refractivity contribution in [3.8, 4) is 5.75 Å². The number of fused-ring (bicyclic) bond motifs is 1. The molecule has 2 aromatic carbocycles. The van der Waals surface area contributed by atoms with Crippen molar-refractivity contribution in [2.24, 2.45) is 0 Å². The topological polar surface area (TPSA) is 124 Å². The number of methoxy groups -OCH3 is 1. The highest BCUT2D eigenvalue weighted by Gasteiger charge is 2.22. The van der Waals surface area contributed by atoms with Gasteiger partial charge in [0.15, 0.2) is 10.3 Å². The van der Waals surface area contributed by atoms with Gasteiger partial charge in [0, 0.05) is 18.2 Å². The summed E-state index contributed by atoms with van der Waals surface area (Å²) in [5, 5.41) is 14.7. The number of hydrogen-bond donors (Lipinski definition) is 1. The van der Waals surface area contributed by atoms with Crippen LogP contribution in [0, 0.1) is 10.1 Å². The fourth-order valence-corrected chi connectivity index (χ4v) is 5.83. The van der Waals surface area contributed by atoms with Crippen molar-refractivity contribution >= 4 is 58.7 Å². The third-order valence-corrected chi connectivity index (χ3v) is 8.01. The van der Waals surface area contributed by atoms with Gasteiger partial charge >= 0.3 is 0 Å². The first-order chi connectivity index (χ1) is 13.9. The molecule has 12 heteroatoms. The molecule has 0 unspecified atom stereocenters. The molecule has 1 N–H and O–H groups in total. The van der Waals surface area contributed by atoms with Gasteiger partial charge in [0.1, 0.15) is 9.96 Å². The lowest BCUT2D eigenvalue weighted by Crippen LogP contribution is -1.99. The third kappa shape index (κ3) is 3.77. The van der Waals surface area contributed by atoms with Gasteiger partial charge in [-0.3, -0.25) is 10.1 Å². The first-order valence-electron chi connectivity index (χ1n) is 8.04. The Bertz CT molecular complexity index is 1310. The van der Waals surface area contributed by atoms with Gasteiger partial charge in [-0.05, 0) is 24.3 Å². The molecule has 148 valence electrons. The van der Waals surface area contributed by atoms with Crippen molar-refractivity contribution in [2.45, 2.75) is 9.10 Å². The van der Waals surface area contributed by atoms with Crippen LogP contribution < -0.4 is 10.1 Å². The lowest BCUT2D eigenvalue weighted by molar-refractivity contribution is -0.384. The largest absolute Gasteiger partial charge is 0.497 e. The highest BCUT2D eigenvalue weighted by atomic mass is 32.2. The average molecular weight is 449 g/mol. The monoisotopic (exact) mass is 448 g/mol. The third-order valence-electron chi connectivity index (χ3n) is 3.92. The maximum atomic E-state index is 12.7. The zero-order valence-corrected chi connectivity index (χ0v) is 17.2. The van der Waals surface area contributed by atoms with E-state index in [0.717, 1.165) is 33.7 Å². The SMILES string of the molecule is COc1ccc2sc(Nc3ncc(S(=O)(=O)c4ccc([N+](=O)[O-])cc4)s3)nc2c1. The van der Waals surface area contributed by atoms with Crippen molar-refractivity contribution in [1.29, 1.82) is 0 Å². The minimum absolute atomic E-state index is 0.0247. The summed E-state index contributed by atoms with van der Waals surface area (Å²) in [7, 11) is -2.25. The second-order valence-electron chi connectivity index (χ2n) is 5.72. The second kappa shape index (κ2) is 7.39. The van der Waals surface area contributed by atoms with E-state index in [1.165, 1.54) is 29.7 Å². The fraction of sp³-hybridized carbons (Fsp3) is 0.0588. The highest BCUT2D eigenvalue weighted by Crippen LogP contribution is 2.34. The van der Waals surface area contributed by atoms with E-state index in [4.69, 9.17) is 4.74 Å². The Hall–Kier alpha value is -3.09. The summed E-state index contributed by atoms with van der Waals surface area (Å²) in [6, 6.07) is 10.3. The lowest BCUT2D eigenvalue weighted by atomic mass is 10.3. The molecule has 0 aliphatic carbocycles. The van der Waals surface area contributed by atoms with Gasteiger partial charge in [-0.1, -0.05) is 22.7 Å². The van der Waals surface area contributed by atoms with Gasteiger partial charge in [-0.2, -0.15) is 0 Å². The molecule has 0 saturated carbocycles. The van der Waals surface area contributed by atoms with Crippen molar-refractivity contribution < 1.29 is 18.1 Å². The maximum absolute atomic E-state index is 12.7. The number of anilines is 2. The normalized spacial score (nSPS) is 11.5. The minimum Gasteiger partial charge on any atom is -0.497 e. The molecule has 0 aliphatic rings. The molecule has 0 bridgehead atoms. The molecule has 2 heterocycles. The second-order valence-corrected chi connectivity index (χ2v) is 9.95. The summed E-state index contributed by atoms with van der Waals surface area (Å²) in [6.45, 7) is 0. The summed E-state index contributed by atoms with van der Waals surface area (Å²) >= 11 is 2.36. The van der Waals surface area contributed by atoms with Gasteiger partial charge in [0.2, 0.25) is 9.84 Å². The van der Waals surface area contributed by atoms with E-state index < -0.39 is 14.8 Å². The average Bonchev–Trinajstić information content (AvgIpc) is 3.34. The number of benzene rings is 2. The van der Waals surface area contributed by atoms with E-state index in [0.29, 0.717) is 16.0 Å². The van der Waals surface area contributed by atoms with Gasteiger partial charge < -0.3 is 10.1 Å². The van der Waals surface area contributed by atoms with E-state index in [-0.39, 0.29) is 14.8 Å². The Morgan fingerprint density at radius 1 is 1.10 bits per heavy atom. The molecule has 4 aromatic rings. The van der Waals surface area contributed by atoms with E-state index >= 15 is 0 Å². The van der Waals surface area contributed by atoms with Crippen molar-refractivity contribution in [2.75, 3.05) is 12.4 Å². The van der Waals surface area contributed by atoms with E-state index in [2.05, 4.69) is 15.3 Å². The number of rotatable bonds is 6. The molecule has 0 amide bonds. The zero-order valence-electron chi connectivity index (χ0n) is 14.7. The minimum atomic E-state index is -3.83. The number of thiazole rings is 2. The number of hydrogen-bond acceptors (Lipinski definition) is 10. The Kier molecular flexibility index (Phi) is 4.90. The summed E-state index contributed by atoms with van der Waals surface area (Å²) in [4.78, 5) is 18.7. The van der Waals surface area contributed by atoms with Gasteiger partial charge in [-0.15, -0.1) is 0 Å². The predicted molar refractivity (Wildman–Crippen MR) is 110 cm³/mol. The molecule has 0 fully saturated rings. The molecule has 0 radical (unpaired) electrons. The van der Waals surface area contributed by atoms with E-state index in [9.17, 15) is 18.5 Å². The molecule has 0 aliphatic heterocycles. The molecule has 0 spiro atoms. The van der Waals surface area contributed by atoms with Crippen molar-refractivity contribution in [3.05, 3.63) is 58.8 Å². The van der Waals surface area contributed by atoms with Crippen LogP contribution >= 0.6 is 22.7 Å². The number of ether oxygens (including phenoxy) is 1. The molecule has 9 nitrogen and oxygen atoms in total. The van der Waals surface area contributed by atoms with Crippen LogP contribution in [0.4, 0.5) is 16.0 Å². The summed E-state index contributed by atoms with van der Waals surface area (Å²) in [5.74, 6) is 0.695. The van der Waals surface area contributed by atoms with Crippen LogP contribution in [-0.2, 0) is 9.84 Å². The Morgan fingerprint density at radius 3 is 2.55 bits per heavy atom. The molecular formula is C17H12N4O5S3. The molecule has 0 atom stereocenters. The number of aromatic nitrogens is 2. The van der Waals surface area contributed by atoms with Crippen LogP contribution in [0.5, 0.6) is 5.75 Å². The van der Waals surface area contributed by atoms with Gasteiger partial charge in [0.25, 0.3) is 5.69 Å². The van der Waals surface area contributed by atoms with Crippen LogP contribution in [-0.4, -0.2) is 30.4 Å². The number of nitro groups is 1. The van der Waals surface area contributed by atoms with Crippen molar-refractivity contribution in [1.82, 2.24) is 9.97 Å². The van der Waals surface area contributed by atoms with Crippen LogP contribution in [0.2, 0.25) is 0 Å². The standard InChI is InChI=1S/C17H12N4O5S3/c1-26-11-4-7-14-13(8-11)19-17(27-14)20-16-18-9-15(28-16)29(24,25)12-5-2-10(3-6-12)21(22)23/h2-9H,1H3,(H,18,19,20). The van der Waals surface area contributed by atoms with Crippen LogP contribution in [0.15, 0.2) is 57.8 Å². The Balaban J connectivity index is 1.58. The summed E-state index contributed by atoms with van der Waals surface area (Å²) in [5.41, 5.74) is 0.579. The fourth-order valence-electron chi connectivity index (χ4n) is 2.48. The zero-order chi connectivity index (χ0) is 20.6. The Labute approximate surface area is 172 Å². The Morgan fingerprint density at radius 2 is 1.86 bits per heavy atom. The first kappa shape index (κ1) is 19.2. The highest BCUT2D eigenvalue weighted by molar-refractivity contribution is 7.93. The number of nitrogens with one attached hydrogen (secondary N) is 1. The van der Waals surface area contributed by atoms with Crippen LogP contribution in [0.3, 0.4) is 0 Å². The predicted octanol–water partition coefficient (Wildman–Crippen LogP) is 4.25. The molecular weight excluding hydrogens is 436 g/mol. The smallest absolute Gasteiger partial charge is 0.269 e. The molecule has 29 heavy (non-hydrogen) atoms. The summed E-state index contributed by atoms with van der Waals surface area (Å²) < 4.78 is 31.6. The molecule has 0 saturated heterocycles. The number of sulfone groups is 1. The van der Waals surface area contributed by atoms with Crippen molar-refractivity contribution in [3.63, 3.8) is 0 Å².